The molecule has 1 aromatic carbocycles. The Morgan fingerprint density at radius 2 is 1.55 bits per heavy atom. The highest BCUT2D eigenvalue weighted by Gasteiger charge is 2.44. The topological polar surface area (TPSA) is 135 Å². The molecule has 0 aliphatic heterocycles. The minimum atomic E-state index is -5.55. The molecular formula is C16H16F6N4O5. The molecule has 0 heterocycles. The first kappa shape index (κ1) is 25.5. The molecule has 0 unspecified atom stereocenters. The zero-order valence-corrected chi connectivity index (χ0v) is 16.1. The number of benzene rings is 1. The van der Waals surface area contributed by atoms with Gasteiger partial charge in [-0.15, -0.1) is 0 Å². The number of nitrogens with zero attached hydrogens (tertiary/aromatic N) is 1. The van der Waals surface area contributed by atoms with Crippen molar-refractivity contribution in [3.8, 4) is 11.5 Å². The molecule has 0 atom stereocenters. The zero-order chi connectivity index (χ0) is 24.3. The van der Waals surface area contributed by atoms with Crippen molar-refractivity contribution >= 4 is 29.6 Å². The summed E-state index contributed by atoms with van der Waals surface area (Å²) in [4.78, 5) is 35.2. The number of aryl methyl sites for hydroxylation is 1. The Balaban J connectivity index is 3.75. The first-order chi connectivity index (χ1) is 14.0. The smallest absolute Gasteiger partial charge is 0.416 e. The van der Waals surface area contributed by atoms with Crippen molar-refractivity contribution in [3.63, 3.8) is 0 Å². The van der Waals surface area contributed by atoms with Crippen LogP contribution in [0.1, 0.15) is 18.1 Å². The number of alkyl halides is 6. The Morgan fingerprint density at radius 1 is 1.06 bits per heavy atom. The molecule has 0 aliphatic rings. The highest BCUT2D eigenvalue weighted by Crippen LogP contribution is 2.42. The average Bonchev–Trinajstić information content (AvgIpc) is 2.59. The van der Waals surface area contributed by atoms with Crippen LogP contribution in [-0.4, -0.2) is 42.8 Å². The number of esters is 2. The minimum absolute atomic E-state index is 0.0535. The Kier molecular flexibility index (Phi) is 7.49. The number of halogens is 6. The van der Waals surface area contributed by atoms with Gasteiger partial charge in [-0.2, -0.15) is 26.3 Å². The number of anilines is 1. The fourth-order valence-electron chi connectivity index (χ4n) is 2.34. The number of carbonyl (C=O) groups is 3. The summed E-state index contributed by atoms with van der Waals surface area (Å²) in [5.74, 6) is -8.93. The summed E-state index contributed by atoms with van der Waals surface area (Å²) < 4.78 is 83.8. The second-order valence-electron chi connectivity index (χ2n) is 5.83. The van der Waals surface area contributed by atoms with Crippen LogP contribution >= 0.6 is 0 Å². The lowest BCUT2D eigenvalue weighted by molar-refractivity contribution is -0.191. The lowest BCUT2D eigenvalue weighted by Gasteiger charge is -2.26. The lowest BCUT2D eigenvalue weighted by Crippen LogP contribution is -2.47. The summed E-state index contributed by atoms with van der Waals surface area (Å²) in [7, 11) is 0. The number of nitrogens with two attached hydrogens (primary N) is 1. The molecule has 0 saturated heterocycles. The Labute approximate surface area is 170 Å². The summed E-state index contributed by atoms with van der Waals surface area (Å²) in [5, 5.41) is 9.85. The second-order valence-corrected chi connectivity index (χ2v) is 5.83. The molecule has 15 heteroatoms. The third kappa shape index (κ3) is 5.99. The van der Waals surface area contributed by atoms with Crippen molar-refractivity contribution in [3.05, 3.63) is 17.2 Å². The van der Waals surface area contributed by atoms with Crippen molar-refractivity contribution in [1.29, 1.82) is 5.41 Å². The SMILES string of the molecule is CCNC(=O)N(C(=N)N)c1c(C)cc(OC(=O)C(F)(F)F)c(OC(=O)C(F)(F)F)c1C. The molecular weight excluding hydrogens is 442 g/mol. The number of nitrogens with one attached hydrogen (secondary N) is 2. The van der Waals surface area contributed by atoms with Gasteiger partial charge in [0, 0.05) is 12.1 Å². The van der Waals surface area contributed by atoms with E-state index in [1.54, 1.807) is 0 Å². The van der Waals surface area contributed by atoms with Crippen molar-refractivity contribution in [2.75, 3.05) is 11.4 Å². The summed E-state index contributed by atoms with van der Waals surface area (Å²) in [6, 6.07) is -0.380. The monoisotopic (exact) mass is 458 g/mol. The van der Waals surface area contributed by atoms with Gasteiger partial charge < -0.3 is 20.5 Å². The van der Waals surface area contributed by atoms with E-state index in [1.165, 1.54) is 13.8 Å². The molecule has 0 spiro atoms. The third-order valence-corrected chi connectivity index (χ3v) is 3.50. The van der Waals surface area contributed by atoms with Crippen LogP contribution in [0.4, 0.5) is 36.8 Å². The molecule has 9 nitrogen and oxygen atoms in total. The van der Waals surface area contributed by atoms with E-state index in [4.69, 9.17) is 11.1 Å². The number of urea groups is 1. The quantitative estimate of drug-likeness (QED) is 0.209. The van der Waals surface area contributed by atoms with E-state index in [0.29, 0.717) is 11.0 Å². The molecule has 172 valence electrons. The molecule has 0 fully saturated rings. The fourth-order valence-corrected chi connectivity index (χ4v) is 2.34. The van der Waals surface area contributed by atoms with Crippen LogP contribution in [0, 0.1) is 19.3 Å². The molecule has 0 bridgehead atoms. The Bertz CT molecular complexity index is 913. The normalized spacial score (nSPS) is 11.5. The molecule has 1 aromatic rings. The molecule has 2 amide bonds. The maximum atomic E-state index is 12.7. The largest absolute Gasteiger partial charge is 0.491 e. The molecule has 0 saturated carbocycles. The maximum absolute atomic E-state index is 12.7. The van der Waals surface area contributed by atoms with E-state index in [0.717, 1.165) is 6.92 Å². The van der Waals surface area contributed by atoms with E-state index in [9.17, 15) is 40.7 Å². The van der Waals surface area contributed by atoms with Crippen molar-refractivity contribution < 1.29 is 50.2 Å². The minimum Gasteiger partial charge on any atom is -0.416 e. The van der Waals surface area contributed by atoms with Gasteiger partial charge >= 0.3 is 30.3 Å². The third-order valence-electron chi connectivity index (χ3n) is 3.50. The predicted molar refractivity (Wildman–Crippen MR) is 92.8 cm³/mol. The standard InChI is InChI=1S/C16H16F6N4O5/c1-4-25-14(29)26(13(23)24)9-6(2)5-8(30-11(27)15(17,18)19)10(7(9)3)31-12(28)16(20,21)22/h5H,4H2,1-3H3,(H3,23,24)(H,25,29). The van der Waals surface area contributed by atoms with Crippen LogP contribution < -0.4 is 25.4 Å². The van der Waals surface area contributed by atoms with Crippen LogP contribution in [0.5, 0.6) is 11.5 Å². The van der Waals surface area contributed by atoms with Gasteiger partial charge in [-0.25, -0.2) is 19.3 Å². The van der Waals surface area contributed by atoms with Gasteiger partial charge in [0.2, 0.25) is 5.96 Å². The number of guanidine groups is 1. The summed E-state index contributed by atoms with van der Waals surface area (Å²) >= 11 is 0. The number of hydrogen-bond acceptors (Lipinski definition) is 6. The van der Waals surface area contributed by atoms with Crippen LogP contribution in [0.25, 0.3) is 0 Å². The van der Waals surface area contributed by atoms with E-state index >= 15 is 0 Å². The van der Waals surface area contributed by atoms with Crippen LogP contribution in [0.15, 0.2) is 6.07 Å². The molecule has 0 aromatic heterocycles. The van der Waals surface area contributed by atoms with Crippen LogP contribution in [-0.2, 0) is 9.59 Å². The summed E-state index contributed by atoms with van der Waals surface area (Å²) in [6.45, 7) is 3.70. The lowest BCUT2D eigenvalue weighted by atomic mass is 10.1. The number of rotatable bonds is 4. The first-order valence-corrected chi connectivity index (χ1v) is 8.16. The van der Waals surface area contributed by atoms with Crippen molar-refractivity contribution in [2.24, 2.45) is 5.73 Å². The number of carbonyl (C=O) groups excluding carboxylic acids is 3. The fraction of sp³-hybridized carbons (Fsp3) is 0.375. The Hall–Kier alpha value is -3.52. The number of ether oxygens (including phenoxy) is 2. The zero-order valence-electron chi connectivity index (χ0n) is 16.1. The van der Waals surface area contributed by atoms with E-state index in [-0.39, 0.29) is 17.8 Å². The van der Waals surface area contributed by atoms with Gasteiger partial charge in [0.1, 0.15) is 0 Å². The van der Waals surface area contributed by atoms with Gasteiger partial charge in [0.05, 0.1) is 5.69 Å². The Morgan fingerprint density at radius 3 is 1.97 bits per heavy atom. The highest BCUT2D eigenvalue weighted by atomic mass is 19.4. The average molecular weight is 458 g/mol. The van der Waals surface area contributed by atoms with Crippen molar-refractivity contribution in [2.45, 2.75) is 33.1 Å². The maximum Gasteiger partial charge on any atom is 0.491 e. The van der Waals surface area contributed by atoms with Crippen LogP contribution in [0.2, 0.25) is 0 Å². The van der Waals surface area contributed by atoms with Crippen LogP contribution in [0.3, 0.4) is 0 Å². The van der Waals surface area contributed by atoms with E-state index < -0.39 is 53.3 Å². The molecule has 31 heavy (non-hydrogen) atoms. The van der Waals surface area contributed by atoms with E-state index in [1.807, 2.05) is 0 Å². The number of amides is 2. The second kappa shape index (κ2) is 9.09. The first-order valence-electron chi connectivity index (χ1n) is 8.16. The van der Waals surface area contributed by atoms with Gasteiger partial charge in [0.25, 0.3) is 0 Å². The van der Waals surface area contributed by atoms with Gasteiger partial charge in [-0.1, -0.05) is 0 Å². The molecule has 0 aliphatic carbocycles. The van der Waals surface area contributed by atoms with Gasteiger partial charge in [-0.05, 0) is 32.4 Å². The molecule has 1 rings (SSSR count). The summed E-state index contributed by atoms with van der Waals surface area (Å²) in [6.07, 6.45) is -11.1. The molecule has 4 N–H and O–H groups in total. The molecule has 0 radical (unpaired) electrons. The predicted octanol–water partition coefficient (Wildman–Crippen LogP) is 2.67. The van der Waals surface area contributed by atoms with E-state index in [2.05, 4.69) is 14.8 Å². The van der Waals surface area contributed by atoms with Crippen molar-refractivity contribution in [1.82, 2.24) is 5.32 Å². The van der Waals surface area contributed by atoms with Gasteiger partial charge in [-0.3, -0.25) is 5.41 Å². The highest BCUT2D eigenvalue weighted by molar-refractivity contribution is 6.15. The summed E-state index contributed by atoms with van der Waals surface area (Å²) in [5.41, 5.74) is 4.30. The number of hydrogen-bond donors (Lipinski definition) is 3. The van der Waals surface area contributed by atoms with Gasteiger partial charge in [0.15, 0.2) is 11.5 Å².